The monoisotopic (exact) mass is 219 g/mol. The number of unbranched alkanes of at least 4 members (excludes halogenated alkanes) is 2. The summed E-state index contributed by atoms with van der Waals surface area (Å²) in [5, 5.41) is 0. The first-order valence-electron chi connectivity index (χ1n) is 5.91. The molecule has 0 aromatic heterocycles. The summed E-state index contributed by atoms with van der Waals surface area (Å²) in [7, 11) is 0. The summed E-state index contributed by atoms with van der Waals surface area (Å²) in [5.41, 5.74) is 0. The van der Waals surface area contributed by atoms with Gasteiger partial charge in [0, 0.05) is 18.5 Å². The van der Waals surface area contributed by atoms with Crippen LogP contribution in [0.1, 0.15) is 47.0 Å². The molecule has 0 aliphatic rings. The molecule has 0 radical (unpaired) electrons. The zero-order valence-electron chi connectivity index (χ0n) is 10.2. The van der Waals surface area contributed by atoms with Crippen molar-refractivity contribution >= 4 is 11.6 Å². The molecule has 2 heteroatoms. The molecule has 0 amide bonds. The molecule has 0 spiro atoms. The van der Waals surface area contributed by atoms with E-state index in [0.717, 1.165) is 12.4 Å². The largest absolute Gasteiger partial charge is 0.301 e. The fourth-order valence-electron chi connectivity index (χ4n) is 1.57. The number of nitrogens with zero attached hydrogens (tertiary/aromatic N) is 1. The summed E-state index contributed by atoms with van der Waals surface area (Å²) in [4.78, 5) is 2.54. The van der Waals surface area contributed by atoms with Gasteiger partial charge in [-0.25, -0.2) is 0 Å². The van der Waals surface area contributed by atoms with Gasteiger partial charge in [0.1, 0.15) is 0 Å². The maximum Gasteiger partial charge on any atom is 0.0261 e. The van der Waals surface area contributed by atoms with E-state index in [2.05, 4.69) is 32.6 Å². The van der Waals surface area contributed by atoms with Gasteiger partial charge in [-0.2, -0.15) is 0 Å². The fraction of sp³-hybridized carbons (Fsp3) is 1.00. The molecule has 0 saturated carbocycles. The van der Waals surface area contributed by atoms with E-state index in [0.29, 0.717) is 12.0 Å². The molecule has 0 bridgehead atoms. The third-order valence-electron chi connectivity index (χ3n) is 2.59. The van der Waals surface area contributed by atoms with Crippen LogP contribution in [0, 0.1) is 5.92 Å². The van der Waals surface area contributed by atoms with Crippen molar-refractivity contribution < 1.29 is 0 Å². The van der Waals surface area contributed by atoms with Crippen molar-refractivity contribution in [2.75, 3.05) is 19.0 Å². The Labute approximate surface area is 94.8 Å². The SMILES string of the molecule is CCCCCN(CC(C)CCl)C(C)C. The fourth-order valence-corrected chi connectivity index (χ4v) is 1.67. The number of alkyl halides is 1. The quantitative estimate of drug-likeness (QED) is 0.444. The average molecular weight is 220 g/mol. The molecule has 0 saturated heterocycles. The van der Waals surface area contributed by atoms with Crippen LogP contribution in [0.5, 0.6) is 0 Å². The maximum absolute atomic E-state index is 5.84. The van der Waals surface area contributed by atoms with Gasteiger partial charge in [0.15, 0.2) is 0 Å². The van der Waals surface area contributed by atoms with Crippen LogP contribution < -0.4 is 0 Å². The first kappa shape index (κ1) is 14.2. The molecule has 1 unspecified atom stereocenters. The highest BCUT2D eigenvalue weighted by Crippen LogP contribution is 2.08. The molecule has 1 atom stereocenters. The van der Waals surface area contributed by atoms with E-state index in [1.165, 1.54) is 25.8 Å². The Balaban J connectivity index is 3.77. The first-order valence-corrected chi connectivity index (χ1v) is 6.45. The van der Waals surface area contributed by atoms with Crippen LogP contribution in [0.2, 0.25) is 0 Å². The normalized spacial score (nSPS) is 13.9. The van der Waals surface area contributed by atoms with Crippen LogP contribution >= 0.6 is 11.6 Å². The Morgan fingerprint density at radius 1 is 1.14 bits per heavy atom. The molecular weight excluding hydrogens is 194 g/mol. The van der Waals surface area contributed by atoms with Gasteiger partial charge in [-0.3, -0.25) is 0 Å². The molecule has 0 heterocycles. The van der Waals surface area contributed by atoms with E-state index in [4.69, 9.17) is 11.6 Å². The standard InChI is InChI=1S/C12H26ClN/c1-5-6-7-8-14(11(2)3)10-12(4)9-13/h11-12H,5-10H2,1-4H3. The molecule has 0 aliphatic carbocycles. The van der Waals surface area contributed by atoms with Crippen molar-refractivity contribution in [3.05, 3.63) is 0 Å². The van der Waals surface area contributed by atoms with Crippen LogP contribution in [0.4, 0.5) is 0 Å². The van der Waals surface area contributed by atoms with Gasteiger partial charge < -0.3 is 4.90 Å². The van der Waals surface area contributed by atoms with Gasteiger partial charge in [0.2, 0.25) is 0 Å². The predicted octanol–water partition coefficient (Wildman–Crippen LogP) is 3.76. The highest BCUT2D eigenvalue weighted by atomic mass is 35.5. The summed E-state index contributed by atoms with van der Waals surface area (Å²) < 4.78 is 0. The number of rotatable bonds is 8. The van der Waals surface area contributed by atoms with Crippen LogP contribution in [0.3, 0.4) is 0 Å². The highest BCUT2D eigenvalue weighted by Gasteiger charge is 2.11. The molecule has 1 nitrogen and oxygen atoms in total. The molecule has 0 aliphatic heterocycles. The summed E-state index contributed by atoms with van der Waals surface area (Å²) in [6, 6.07) is 0.650. The van der Waals surface area contributed by atoms with Crippen LogP contribution in [-0.2, 0) is 0 Å². The second-order valence-electron chi connectivity index (χ2n) is 4.56. The van der Waals surface area contributed by atoms with Gasteiger partial charge in [-0.15, -0.1) is 11.6 Å². The maximum atomic E-state index is 5.84. The van der Waals surface area contributed by atoms with Gasteiger partial charge >= 0.3 is 0 Å². The van der Waals surface area contributed by atoms with Crippen LogP contribution in [0.15, 0.2) is 0 Å². The summed E-state index contributed by atoms with van der Waals surface area (Å²) in [5.74, 6) is 1.39. The second kappa shape index (κ2) is 8.55. The summed E-state index contributed by atoms with van der Waals surface area (Å²) in [6.07, 6.45) is 3.97. The van der Waals surface area contributed by atoms with E-state index in [1.54, 1.807) is 0 Å². The van der Waals surface area contributed by atoms with E-state index < -0.39 is 0 Å². The van der Waals surface area contributed by atoms with Gasteiger partial charge in [0.05, 0.1) is 0 Å². The lowest BCUT2D eigenvalue weighted by Crippen LogP contribution is -2.36. The third kappa shape index (κ3) is 6.67. The number of hydrogen-bond acceptors (Lipinski definition) is 1. The molecule has 0 aromatic rings. The third-order valence-corrected chi connectivity index (χ3v) is 3.12. The van der Waals surface area contributed by atoms with Crippen molar-refractivity contribution in [1.29, 1.82) is 0 Å². The van der Waals surface area contributed by atoms with Crippen LogP contribution in [0.25, 0.3) is 0 Å². The molecule has 86 valence electrons. The Hall–Kier alpha value is 0.250. The van der Waals surface area contributed by atoms with E-state index in [1.807, 2.05) is 0 Å². The average Bonchev–Trinajstić information content (AvgIpc) is 2.16. The van der Waals surface area contributed by atoms with E-state index in [-0.39, 0.29) is 0 Å². The lowest BCUT2D eigenvalue weighted by atomic mass is 10.1. The second-order valence-corrected chi connectivity index (χ2v) is 4.86. The molecule has 0 fully saturated rings. The molecular formula is C12H26ClN. The van der Waals surface area contributed by atoms with E-state index >= 15 is 0 Å². The molecule has 0 aromatic carbocycles. The lowest BCUT2D eigenvalue weighted by molar-refractivity contribution is 0.195. The molecule has 0 N–H and O–H groups in total. The highest BCUT2D eigenvalue weighted by molar-refractivity contribution is 6.18. The predicted molar refractivity (Wildman–Crippen MR) is 66.1 cm³/mol. The van der Waals surface area contributed by atoms with Gasteiger partial charge in [0.25, 0.3) is 0 Å². The van der Waals surface area contributed by atoms with Crippen molar-refractivity contribution in [1.82, 2.24) is 4.90 Å². The Kier molecular flexibility index (Phi) is 8.70. The topological polar surface area (TPSA) is 3.24 Å². The van der Waals surface area contributed by atoms with Crippen molar-refractivity contribution in [3.63, 3.8) is 0 Å². The Bertz CT molecular complexity index is 125. The molecule has 0 rings (SSSR count). The van der Waals surface area contributed by atoms with Gasteiger partial charge in [-0.05, 0) is 32.7 Å². The first-order chi connectivity index (χ1) is 6.61. The van der Waals surface area contributed by atoms with Crippen molar-refractivity contribution in [2.24, 2.45) is 5.92 Å². The lowest BCUT2D eigenvalue weighted by Gasteiger charge is -2.28. The van der Waals surface area contributed by atoms with Crippen molar-refractivity contribution in [3.8, 4) is 0 Å². The molecule has 14 heavy (non-hydrogen) atoms. The minimum atomic E-state index is 0.612. The zero-order valence-corrected chi connectivity index (χ0v) is 11.0. The Morgan fingerprint density at radius 3 is 2.21 bits per heavy atom. The number of halogens is 1. The Morgan fingerprint density at radius 2 is 1.79 bits per heavy atom. The summed E-state index contributed by atoms with van der Waals surface area (Å²) in [6.45, 7) is 11.4. The summed E-state index contributed by atoms with van der Waals surface area (Å²) >= 11 is 5.84. The van der Waals surface area contributed by atoms with E-state index in [9.17, 15) is 0 Å². The number of hydrogen-bond donors (Lipinski definition) is 0. The minimum Gasteiger partial charge on any atom is -0.301 e. The van der Waals surface area contributed by atoms with Gasteiger partial charge in [-0.1, -0.05) is 26.7 Å². The smallest absolute Gasteiger partial charge is 0.0261 e. The minimum absolute atomic E-state index is 0.612. The van der Waals surface area contributed by atoms with Crippen molar-refractivity contribution in [2.45, 2.75) is 53.0 Å². The zero-order chi connectivity index (χ0) is 11.0. The van der Waals surface area contributed by atoms with Crippen LogP contribution in [-0.4, -0.2) is 29.9 Å².